The van der Waals surface area contributed by atoms with E-state index in [0.717, 1.165) is 19.3 Å². The zero-order valence-electron chi connectivity index (χ0n) is 13.6. The second kappa shape index (κ2) is 6.72. The summed E-state index contributed by atoms with van der Waals surface area (Å²) >= 11 is 6.49. The van der Waals surface area contributed by atoms with E-state index in [1.165, 1.54) is 12.4 Å². The first-order chi connectivity index (χ1) is 12.6. The highest BCUT2D eigenvalue weighted by Crippen LogP contribution is 2.42. The van der Waals surface area contributed by atoms with E-state index in [2.05, 4.69) is 15.0 Å². The maximum atomic E-state index is 14.5. The Balaban J connectivity index is 2.05. The molecule has 4 nitrogen and oxygen atoms in total. The average Bonchev–Trinajstić information content (AvgIpc) is 2.63. The molecule has 8 heteroatoms. The minimum absolute atomic E-state index is 0.0491. The Kier molecular flexibility index (Phi) is 4.40. The van der Waals surface area contributed by atoms with Crippen molar-refractivity contribution in [1.29, 1.82) is 0 Å². The van der Waals surface area contributed by atoms with Gasteiger partial charge in [0.1, 0.15) is 28.8 Å². The first-order valence-electron chi connectivity index (χ1n) is 8.26. The van der Waals surface area contributed by atoms with Crippen LogP contribution in [0.4, 0.5) is 19.0 Å². The van der Waals surface area contributed by atoms with Crippen molar-refractivity contribution in [3.05, 3.63) is 47.0 Å². The van der Waals surface area contributed by atoms with E-state index in [-0.39, 0.29) is 16.1 Å². The summed E-state index contributed by atoms with van der Waals surface area (Å²) in [5.41, 5.74) is 0.214. The third kappa shape index (κ3) is 2.86. The highest BCUT2D eigenvalue weighted by molar-refractivity contribution is 6.38. The number of piperidine rings is 1. The van der Waals surface area contributed by atoms with Gasteiger partial charge in [-0.05, 0) is 19.3 Å². The van der Waals surface area contributed by atoms with Crippen LogP contribution in [-0.2, 0) is 0 Å². The second-order valence-corrected chi connectivity index (χ2v) is 6.52. The molecule has 0 aliphatic carbocycles. The molecule has 1 fully saturated rings. The molecule has 3 heterocycles. The van der Waals surface area contributed by atoms with E-state index in [1.807, 2.05) is 4.90 Å². The summed E-state index contributed by atoms with van der Waals surface area (Å²) in [4.78, 5) is 14.7. The average molecular weight is 379 g/mol. The van der Waals surface area contributed by atoms with E-state index in [0.29, 0.717) is 36.7 Å². The summed E-state index contributed by atoms with van der Waals surface area (Å²) in [6.07, 6.45) is 5.85. The van der Waals surface area contributed by atoms with E-state index < -0.39 is 23.0 Å². The molecule has 134 valence electrons. The molecule has 1 aromatic carbocycles. The van der Waals surface area contributed by atoms with E-state index in [4.69, 9.17) is 11.6 Å². The van der Waals surface area contributed by atoms with Crippen molar-refractivity contribution in [2.45, 2.75) is 19.3 Å². The van der Waals surface area contributed by atoms with Crippen LogP contribution in [0.25, 0.3) is 22.3 Å². The zero-order valence-corrected chi connectivity index (χ0v) is 14.4. The number of rotatable bonds is 2. The molecule has 1 aliphatic heterocycles. The summed E-state index contributed by atoms with van der Waals surface area (Å²) in [5.74, 6) is -2.72. The lowest BCUT2D eigenvalue weighted by Gasteiger charge is -2.30. The number of aromatic nitrogens is 3. The predicted molar refractivity (Wildman–Crippen MR) is 93.7 cm³/mol. The molecule has 0 unspecified atom stereocenters. The van der Waals surface area contributed by atoms with Crippen LogP contribution in [0.1, 0.15) is 19.3 Å². The Labute approximate surface area is 152 Å². The van der Waals surface area contributed by atoms with Crippen LogP contribution in [0.3, 0.4) is 0 Å². The zero-order chi connectivity index (χ0) is 18.3. The standard InChI is InChI=1S/C18H14ClF3N4/c19-15-14(13-11(21)8-10(20)9-12(13)22)18(26-6-2-1-3-7-26)25-17-16(15)23-4-5-24-17/h4-5,8-9H,1-3,6-7H2. The van der Waals surface area contributed by atoms with Crippen LogP contribution in [0, 0.1) is 17.5 Å². The van der Waals surface area contributed by atoms with Gasteiger partial charge in [0, 0.05) is 37.6 Å². The highest BCUT2D eigenvalue weighted by Gasteiger charge is 2.27. The van der Waals surface area contributed by atoms with Gasteiger partial charge in [-0.25, -0.2) is 28.1 Å². The van der Waals surface area contributed by atoms with Crippen LogP contribution in [-0.4, -0.2) is 28.0 Å². The van der Waals surface area contributed by atoms with Crippen molar-refractivity contribution >= 4 is 28.6 Å². The van der Waals surface area contributed by atoms with Crippen molar-refractivity contribution in [2.24, 2.45) is 0 Å². The number of hydrogen-bond acceptors (Lipinski definition) is 4. The van der Waals surface area contributed by atoms with Gasteiger partial charge in [0.05, 0.1) is 16.1 Å². The molecular formula is C18H14ClF3N4. The molecule has 4 rings (SSSR count). The van der Waals surface area contributed by atoms with Gasteiger partial charge in [0.2, 0.25) is 0 Å². The molecule has 0 atom stereocenters. The minimum atomic E-state index is -1.03. The molecule has 0 bridgehead atoms. The van der Waals surface area contributed by atoms with Crippen molar-refractivity contribution in [1.82, 2.24) is 15.0 Å². The largest absolute Gasteiger partial charge is 0.356 e. The molecule has 0 spiro atoms. The molecule has 1 aliphatic rings. The molecule has 1 saturated heterocycles. The van der Waals surface area contributed by atoms with Gasteiger partial charge in [0.15, 0.2) is 5.65 Å². The Morgan fingerprint density at radius 2 is 1.54 bits per heavy atom. The summed E-state index contributed by atoms with van der Waals surface area (Å²) in [6.45, 7) is 1.37. The molecule has 3 aromatic rings. The van der Waals surface area contributed by atoms with Gasteiger partial charge in [-0.2, -0.15) is 0 Å². The van der Waals surface area contributed by atoms with E-state index in [1.54, 1.807) is 0 Å². The molecular weight excluding hydrogens is 365 g/mol. The monoisotopic (exact) mass is 378 g/mol. The number of benzene rings is 1. The minimum Gasteiger partial charge on any atom is -0.356 e. The molecule has 2 aromatic heterocycles. The van der Waals surface area contributed by atoms with Crippen molar-refractivity contribution < 1.29 is 13.2 Å². The lowest BCUT2D eigenvalue weighted by Crippen LogP contribution is -2.31. The van der Waals surface area contributed by atoms with Crippen LogP contribution >= 0.6 is 11.6 Å². The summed E-state index contributed by atoms with van der Waals surface area (Å²) in [5, 5.41) is 0.0491. The molecule has 0 saturated carbocycles. The second-order valence-electron chi connectivity index (χ2n) is 6.15. The fourth-order valence-corrected chi connectivity index (χ4v) is 3.59. The Morgan fingerprint density at radius 3 is 2.23 bits per heavy atom. The smallest absolute Gasteiger partial charge is 0.181 e. The molecule has 26 heavy (non-hydrogen) atoms. The summed E-state index contributed by atoms with van der Waals surface area (Å²) in [6, 6.07) is 1.27. The highest BCUT2D eigenvalue weighted by atomic mass is 35.5. The van der Waals surface area contributed by atoms with Gasteiger partial charge < -0.3 is 4.90 Å². The number of fused-ring (bicyclic) bond motifs is 1. The van der Waals surface area contributed by atoms with Gasteiger partial charge >= 0.3 is 0 Å². The van der Waals surface area contributed by atoms with Gasteiger partial charge in [-0.15, -0.1) is 0 Å². The third-order valence-corrected chi connectivity index (χ3v) is 4.82. The van der Waals surface area contributed by atoms with Gasteiger partial charge in [-0.3, -0.25) is 0 Å². The van der Waals surface area contributed by atoms with Crippen LogP contribution in [0.15, 0.2) is 24.5 Å². The maximum absolute atomic E-state index is 14.5. The van der Waals surface area contributed by atoms with E-state index >= 15 is 0 Å². The predicted octanol–water partition coefficient (Wildman–Crippen LogP) is 4.75. The quantitative estimate of drug-likeness (QED) is 0.645. The Hall–Kier alpha value is -2.41. The Bertz CT molecular complexity index is 967. The molecule has 0 radical (unpaired) electrons. The summed E-state index contributed by atoms with van der Waals surface area (Å²) < 4.78 is 42.4. The SMILES string of the molecule is Fc1cc(F)c(-c2c(N3CCCCC3)nc3nccnc3c2Cl)c(F)c1. The number of nitrogens with zero attached hydrogens (tertiary/aromatic N) is 4. The normalized spacial score (nSPS) is 14.8. The van der Waals surface area contributed by atoms with Crippen molar-refractivity contribution in [2.75, 3.05) is 18.0 Å². The molecule has 0 amide bonds. The Morgan fingerprint density at radius 1 is 0.885 bits per heavy atom. The number of halogens is 4. The van der Waals surface area contributed by atoms with Crippen LogP contribution in [0.5, 0.6) is 0 Å². The van der Waals surface area contributed by atoms with Crippen molar-refractivity contribution in [3.8, 4) is 11.1 Å². The lowest BCUT2D eigenvalue weighted by molar-refractivity contribution is 0.547. The summed E-state index contributed by atoms with van der Waals surface area (Å²) in [7, 11) is 0. The van der Waals surface area contributed by atoms with Gasteiger partial charge in [0.25, 0.3) is 0 Å². The number of pyridine rings is 1. The first-order valence-corrected chi connectivity index (χ1v) is 8.64. The van der Waals surface area contributed by atoms with Crippen LogP contribution in [0.2, 0.25) is 5.02 Å². The fourth-order valence-electron chi connectivity index (χ4n) is 3.28. The first kappa shape index (κ1) is 17.0. The lowest BCUT2D eigenvalue weighted by atomic mass is 10.0. The topological polar surface area (TPSA) is 41.9 Å². The fraction of sp³-hybridized carbons (Fsp3) is 0.278. The number of anilines is 1. The maximum Gasteiger partial charge on any atom is 0.181 e. The van der Waals surface area contributed by atoms with Gasteiger partial charge in [-0.1, -0.05) is 11.6 Å². The van der Waals surface area contributed by atoms with Crippen molar-refractivity contribution in [3.63, 3.8) is 0 Å². The van der Waals surface area contributed by atoms with E-state index in [9.17, 15) is 13.2 Å². The number of hydrogen-bond donors (Lipinski definition) is 0. The third-order valence-electron chi connectivity index (χ3n) is 4.45. The van der Waals surface area contributed by atoms with Crippen LogP contribution < -0.4 is 4.90 Å². The molecule has 0 N–H and O–H groups in total.